The number of unbranched alkanes of at least 4 members (excludes halogenated alkanes) is 1. The van der Waals surface area contributed by atoms with Gasteiger partial charge in [0.2, 0.25) is 5.91 Å². The highest BCUT2D eigenvalue weighted by Gasteiger charge is 2.33. The van der Waals surface area contributed by atoms with Crippen LogP contribution in [-0.4, -0.2) is 47.2 Å². The molecule has 1 aromatic rings. The van der Waals surface area contributed by atoms with Crippen LogP contribution in [0.1, 0.15) is 72.4 Å². The summed E-state index contributed by atoms with van der Waals surface area (Å²) < 4.78 is 37.7. The zero-order chi connectivity index (χ0) is 22.7. The highest BCUT2D eigenvalue weighted by Crippen LogP contribution is 2.28. The summed E-state index contributed by atoms with van der Waals surface area (Å²) in [7, 11) is 0. The number of aromatic nitrogens is 2. The van der Waals surface area contributed by atoms with Crippen LogP contribution < -0.4 is 4.90 Å². The lowest BCUT2D eigenvalue weighted by Gasteiger charge is -2.34. The minimum atomic E-state index is -4.48. The number of halogens is 3. The van der Waals surface area contributed by atoms with Crippen LogP contribution >= 0.6 is 0 Å². The highest BCUT2D eigenvalue weighted by atomic mass is 19.4. The van der Waals surface area contributed by atoms with Crippen LogP contribution in [0.4, 0.5) is 19.0 Å². The van der Waals surface area contributed by atoms with Crippen molar-refractivity contribution in [2.75, 3.05) is 31.1 Å². The SMILES string of the molecule is CC(C)C.CCCCN(CCC)C(=O)C1CCN(c2ccc(C(F)(F)F)nn2)CC1. The third-order valence-electron chi connectivity index (χ3n) is 4.70. The molecule has 0 aromatic carbocycles. The Morgan fingerprint density at radius 3 is 2.13 bits per heavy atom. The summed E-state index contributed by atoms with van der Waals surface area (Å²) in [6, 6.07) is 2.30. The van der Waals surface area contributed by atoms with Crippen molar-refractivity contribution < 1.29 is 18.0 Å². The maximum Gasteiger partial charge on any atom is 0.435 e. The van der Waals surface area contributed by atoms with E-state index in [0.717, 1.165) is 44.3 Å². The first-order chi connectivity index (χ1) is 14.1. The molecule has 1 saturated heterocycles. The maximum absolute atomic E-state index is 12.7. The fourth-order valence-electron chi connectivity index (χ4n) is 3.21. The molecule has 0 N–H and O–H groups in total. The van der Waals surface area contributed by atoms with Gasteiger partial charge in [0.25, 0.3) is 0 Å². The van der Waals surface area contributed by atoms with Gasteiger partial charge in [-0.25, -0.2) is 0 Å². The number of rotatable bonds is 7. The molecule has 2 rings (SSSR count). The first-order valence-electron chi connectivity index (χ1n) is 11.0. The van der Waals surface area contributed by atoms with Crippen LogP contribution in [0.3, 0.4) is 0 Å². The molecule has 5 nitrogen and oxygen atoms in total. The second kappa shape index (κ2) is 12.7. The molecule has 0 unspecified atom stereocenters. The first-order valence-corrected chi connectivity index (χ1v) is 11.0. The Bertz CT molecular complexity index is 609. The quantitative estimate of drug-likeness (QED) is 0.580. The van der Waals surface area contributed by atoms with Crippen LogP contribution in [0.15, 0.2) is 12.1 Å². The largest absolute Gasteiger partial charge is 0.435 e. The van der Waals surface area contributed by atoms with Gasteiger partial charge in [0.1, 0.15) is 0 Å². The zero-order valence-electron chi connectivity index (χ0n) is 19.0. The van der Waals surface area contributed by atoms with Gasteiger partial charge < -0.3 is 9.80 Å². The van der Waals surface area contributed by atoms with Crippen molar-refractivity contribution in [1.29, 1.82) is 0 Å². The number of alkyl halides is 3. The Labute approximate surface area is 179 Å². The van der Waals surface area contributed by atoms with Crippen molar-refractivity contribution in [3.05, 3.63) is 17.8 Å². The van der Waals surface area contributed by atoms with Gasteiger partial charge in [-0.2, -0.15) is 13.2 Å². The summed E-state index contributed by atoms with van der Waals surface area (Å²) >= 11 is 0. The smallest absolute Gasteiger partial charge is 0.355 e. The molecule has 1 amide bonds. The first kappa shape index (κ1) is 26.2. The fourth-order valence-corrected chi connectivity index (χ4v) is 3.21. The molecule has 172 valence electrons. The molecule has 1 aliphatic rings. The van der Waals surface area contributed by atoms with Gasteiger partial charge in [-0.15, -0.1) is 10.2 Å². The van der Waals surface area contributed by atoms with E-state index in [9.17, 15) is 18.0 Å². The molecule has 30 heavy (non-hydrogen) atoms. The average Bonchev–Trinajstić information content (AvgIpc) is 2.70. The molecule has 0 saturated carbocycles. The molecule has 1 aromatic heterocycles. The summed E-state index contributed by atoms with van der Waals surface area (Å²) in [6.45, 7) is 13.5. The minimum Gasteiger partial charge on any atom is -0.355 e. The summed E-state index contributed by atoms with van der Waals surface area (Å²) in [6.07, 6.45) is -0.104. The summed E-state index contributed by atoms with van der Waals surface area (Å²) in [5.74, 6) is 1.45. The van der Waals surface area contributed by atoms with Gasteiger partial charge in [0.05, 0.1) is 0 Å². The lowest BCUT2D eigenvalue weighted by Crippen LogP contribution is -2.43. The standard InChI is InChI=1S/C18H27F3N4O.C4H10/c1-3-5-11-25(10-4-2)17(26)14-8-12-24(13-9-14)16-7-6-15(22-23-16)18(19,20)21;1-4(2)3/h6-7,14H,3-5,8-13H2,1-2H3;4H,1-3H3. The van der Waals surface area contributed by atoms with Crippen LogP contribution in [-0.2, 0) is 11.0 Å². The highest BCUT2D eigenvalue weighted by molar-refractivity contribution is 5.79. The van der Waals surface area contributed by atoms with E-state index in [2.05, 4.69) is 44.8 Å². The molecular formula is C22H37F3N4O. The van der Waals surface area contributed by atoms with E-state index in [-0.39, 0.29) is 11.8 Å². The van der Waals surface area contributed by atoms with E-state index < -0.39 is 11.9 Å². The lowest BCUT2D eigenvalue weighted by atomic mass is 9.95. The number of piperidine rings is 1. The summed E-state index contributed by atoms with van der Waals surface area (Å²) in [5, 5.41) is 6.98. The molecule has 0 atom stereocenters. The van der Waals surface area contributed by atoms with Crippen LogP contribution in [0.5, 0.6) is 0 Å². The molecule has 2 heterocycles. The molecule has 8 heteroatoms. The molecule has 1 aliphatic heterocycles. The Hall–Kier alpha value is -1.86. The zero-order valence-corrected chi connectivity index (χ0v) is 19.0. The van der Waals surface area contributed by atoms with Crippen molar-refractivity contribution in [1.82, 2.24) is 15.1 Å². The Balaban J connectivity index is 0.00000103. The van der Waals surface area contributed by atoms with E-state index in [1.807, 2.05) is 9.80 Å². The predicted octanol–water partition coefficient (Wildman–Crippen LogP) is 5.41. The Morgan fingerprint density at radius 2 is 1.70 bits per heavy atom. The minimum absolute atomic E-state index is 0.0166. The van der Waals surface area contributed by atoms with Gasteiger partial charge in [-0.05, 0) is 43.7 Å². The topological polar surface area (TPSA) is 49.3 Å². The number of hydrogen-bond acceptors (Lipinski definition) is 4. The fraction of sp³-hybridized carbons (Fsp3) is 0.773. The average molecular weight is 431 g/mol. The van der Waals surface area contributed by atoms with Crippen molar-refractivity contribution in [2.45, 2.75) is 72.9 Å². The van der Waals surface area contributed by atoms with Crippen LogP contribution in [0.2, 0.25) is 0 Å². The molecular weight excluding hydrogens is 393 g/mol. The normalized spacial score (nSPS) is 15.0. The van der Waals surface area contributed by atoms with Gasteiger partial charge >= 0.3 is 6.18 Å². The second-order valence-corrected chi connectivity index (χ2v) is 8.45. The van der Waals surface area contributed by atoms with E-state index in [4.69, 9.17) is 0 Å². The molecule has 0 radical (unpaired) electrons. The number of amides is 1. The number of carbonyl (C=O) groups excluding carboxylic acids is 1. The Morgan fingerprint density at radius 1 is 1.10 bits per heavy atom. The predicted molar refractivity (Wildman–Crippen MR) is 114 cm³/mol. The Kier molecular flexibility index (Phi) is 11.1. The van der Waals surface area contributed by atoms with E-state index in [1.54, 1.807) is 0 Å². The van der Waals surface area contributed by atoms with Gasteiger partial charge in [-0.1, -0.05) is 41.0 Å². The molecule has 0 spiro atoms. The third-order valence-corrected chi connectivity index (χ3v) is 4.70. The van der Waals surface area contributed by atoms with E-state index in [1.165, 1.54) is 6.07 Å². The van der Waals surface area contributed by atoms with Crippen LogP contribution in [0.25, 0.3) is 0 Å². The second-order valence-electron chi connectivity index (χ2n) is 8.45. The van der Waals surface area contributed by atoms with Crippen molar-refractivity contribution in [3.8, 4) is 0 Å². The lowest BCUT2D eigenvalue weighted by molar-refractivity contribution is -0.141. The van der Waals surface area contributed by atoms with Gasteiger partial charge in [-0.3, -0.25) is 4.79 Å². The monoisotopic (exact) mass is 430 g/mol. The van der Waals surface area contributed by atoms with E-state index in [0.29, 0.717) is 31.7 Å². The number of nitrogens with zero attached hydrogens (tertiary/aromatic N) is 4. The van der Waals surface area contributed by atoms with Crippen molar-refractivity contribution in [2.24, 2.45) is 11.8 Å². The maximum atomic E-state index is 12.7. The molecule has 0 aliphatic carbocycles. The van der Waals surface area contributed by atoms with Crippen LogP contribution in [0, 0.1) is 11.8 Å². The molecule has 0 bridgehead atoms. The number of carbonyl (C=O) groups is 1. The van der Waals surface area contributed by atoms with Gasteiger partial charge in [0, 0.05) is 32.1 Å². The number of anilines is 1. The van der Waals surface area contributed by atoms with Crippen molar-refractivity contribution >= 4 is 11.7 Å². The van der Waals surface area contributed by atoms with Gasteiger partial charge in [0.15, 0.2) is 11.5 Å². The third kappa shape index (κ3) is 8.88. The summed E-state index contributed by atoms with van der Waals surface area (Å²) in [4.78, 5) is 16.6. The van der Waals surface area contributed by atoms with E-state index >= 15 is 0 Å². The summed E-state index contributed by atoms with van der Waals surface area (Å²) in [5.41, 5.74) is -0.988. The van der Waals surface area contributed by atoms with Crippen molar-refractivity contribution in [3.63, 3.8) is 0 Å². The number of hydrogen-bond donors (Lipinski definition) is 0. The molecule has 1 fully saturated rings.